The standard InChI is InChI=1S/C23H20N2O3/c26-22(24-18-14-15-18)16-10-12-17(13-11-16)23(27)25-20-8-4-5-9-21(20)28-19-6-2-1-3-7-19/h1-13,18H,14-15H2,(H,24,26)(H,25,27). The molecule has 140 valence electrons. The average molecular weight is 372 g/mol. The average Bonchev–Trinajstić information content (AvgIpc) is 3.54. The molecule has 2 N–H and O–H groups in total. The van der Waals surface area contributed by atoms with Gasteiger partial charge in [-0.2, -0.15) is 0 Å². The van der Waals surface area contributed by atoms with E-state index in [1.165, 1.54) is 0 Å². The van der Waals surface area contributed by atoms with Crippen LogP contribution in [0.2, 0.25) is 0 Å². The minimum atomic E-state index is -0.265. The molecule has 5 nitrogen and oxygen atoms in total. The van der Waals surface area contributed by atoms with Crippen LogP contribution in [0.1, 0.15) is 33.6 Å². The Morgan fingerprint density at radius 1 is 0.750 bits per heavy atom. The molecule has 1 fully saturated rings. The molecule has 4 rings (SSSR count). The maximum Gasteiger partial charge on any atom is 0.255 e. The molecule has 2 amide bonds. The maximum absolute atomic E-state index is 12.6. The van der Waals surface area contributed by atoms with E-state index in [0.29, 0.717) is 34.4 Å². The maximum atomic E-state index is 12.6. The number of ether oxygens (including phenoxy) is 1. The second-order valence-corrected chi connectivity index (χ2v) is 6.69. The second kappa shape index (κ2) is 7.96. The van der Waals surface area contributed by atoms with E-state index in [9.17, 15) is 9.59 Å². The van der Waals surface area contributed by atoms with Crippen LogP contribution < -0.4 is 15.4 Å². The van der Waals surface area contributed by atoms with Crippen molar-refractivity contribution in [1.29, 1.82) is 0 Å². The van der Waals surface area contributed by atoms with Crippen LogP contribution in [0.5, 0.6) is 11.5 Å². The smallest absolute Gasteiger partial charge is 0.255 e. The largest absolute Gasteiger partial charge is 0.455 e. The summed E-state index contributed by atoms with van der Waals surface area (Å²) >= 11 is 0. The molecular weight excluding hydrogens is 352 g/mol. The molecule has 1 saturated carbocycles. The number of benzene rings is 3. The van der Waals surface area contributed by atoms with Crippen LogP contribution in [-0.2, 0) is 0 Å². The molecule has 28 heavy (non-hydrogen) atoms. The van der Waals surface area contributed by atoms with Crippen LogP contribution in [-0.4, -0.2) is 17.9 Å². The van der Waals surface area contributed by atoms with E-state index in [0.717, 1.165) is 12.8 Å². The van der Waals surface area contributed by atoms with E-state index in [2.05, 4.69) is 10.6 Å². The lowest BCUT2D eigenvalue weighted by Gasteiger charge is -2.12. The Labute approximate surface area is 163 Å². The fourth-order valence-corrected chi connectivity index (χ4v) is 2.74. The molecule has 0 unspecified atom stereocenters. The predicted molar refractivity (Wildman–Crippen MR) is 108 cm³/mol. The van der Waals surface area contributed by atoms with Gasteiger partial charge in [-0.1, -0.05) is 30.3 Å². The summed E-state index contributed by atoms with van der Waals surface area (Å²) in [4.78, 5) is 24.7. The van der Waals surface area contributed by atoms with Crippen LogP contribution in [0.25, 0.3) is 0 Å². The lowest BCUT2D eigenvalue weighted by molar-refractivity contribution is 0.0949. The van der Waals surface area contributed by atoms with Crippen molar-refractivity contribution in [3.8, 4) is 11.5 Å². The Bertz CT molecular complexity index is 980. The fraction of sp³-hybridized carbons (Fsp3) is 0.130. The van der Waals surface area contributed by atoms with E-state index in [1.807, 2.05) is 42.5 Å². The first-order chi connectivity index (χ1) is 13.7. The first kappa shape index (κ1) is 17.8. The summed E-state index contributed by atoms with van der Waals surface area (Å²) in [5.41, 5.74) is 1.60. The normalized spacial score (nSPS) is 12.9. The summed E-state index contributed by atoms with van der Waals surface area (Å²) < 4.78 is 5.87. The highest BCUT2D eigenvalue weighted by molar-refractivity contribution is 6.05. The molecule has 0 aromatic heterocycles. The zero-order chi connectivity index (χ0) is 19.3. The minimum absolute atomic E-state index is 0.101. The highest BCUT2D eigenvalue weighted by atomic mass is 16.5. The van der Waals surface area contributed by atoms with Crippen molar-refractivity contribution in [2.45, 2.75) is 18.9 Å². The highest BCUT2D eigenvalue weighted by Gasteiger charge is 2.23. The van der Waals surface area contributed by atoms with E-state index >= 15 is 0 Å². The summed E-state index contributed by atoms with van der Waals surface area (Å²) in [5.74, 6) is 0.882. The molecule has 0 heterocycles. The Hall–Kier alpha value is -3.60. The van der Waals surface area contributed by atoms with Gasteiger partial charge >= 0.3 is 0 Å². The Kier molecular flexibility index (Phi) is 5.06. The third-order valence-corrected chi connectivity index (χ3v) is 4.43. The minimum Gasteiger partial charge on any atom is -0.455 e. The van der Waals surface area contributed by atoms with Crippen molar-refractivity contribution in [2.75, 3.05) is 5.32 Å². The van der Waals surface area contributed by atoms with Crippen molar-refractivity contribution < 1.29 is 14.3 Å². The van der Waals surface area contributed by atoms with E-state index in [1.54, 1.807) is 36.4 Å². The van der Waals surface area contributed by atoms with Gasteiger partial charge in [0, 0.05) is 17.2 Å². The van der Waals surface area contributed by atoms with E-state index < -0.39 is 0 Å². The van der Waals surface area contributed by atoms with E-state index in [-0.39, 0.29) is 11.8 Å². The number of hydrogen-bond acceptors (Lipinski definition) is 3. The summed E-state index contributed by atoms with van der Waals surface area (Å²) in [7, 11) is 0. The Morgan fingerprint density at radius 2 is 1.36 bits per heavy atom. The molecule has 0 saturated heterocycles. The lowest BCUT2D eigenvalue weighted by atomic mass is 10.1. The molecule has 5 heteroatoms. The SMILES string of the molecule is O=C(Nc1ccccc1Oc1ccccc1)c1ccc(C(=O)NC2CC2)cc1. The van der Waals surface area contributed by atoms with Crippen LogP contribution in [0, 0.1) is 0 Å². The number of nitrogens with one attached hydrogen (secondary N) is 2. The third kappa shape index (κ3) is 4.38. The zero-order valence-corrected chi connectivity index (χ0v) is 15.2. The number of para-hydroxylation sites is 3. The predicted octanol–water partition coefficient (Wildman–Crippen LogP) is 4.62. The van der Waals surface area contributed by atoms with Crippen LogP contribution >= 0.6 is 0 Å². The molecule has 3 aromatic carbocycles. The van der Waals surface area contributed by atoms with Crippen LogP contribution in [0.15, 0.2) is 78.9 Å². The first-order valence-electron chi connectivity index (χ1n) is 9.23. The molecule has 0 atom stereocenters. The van der Waals surface area contributed by atoms with Gasteiger partial charge in [0.2, 0.25) is 0 Å². The molecule has 0 radical (unpaired) electrons. The zero-order valence-electron chi connectivity index (χ0n) is 15.2. The number of rotatable bonds is 6. The number of carbonyl (C=O) groups excluding carboxylic acids is 2. The number of amides is 2. The summed E-state index contributed by atoms with van der Waals surface area (Å²) in [5, 5.41) is 5.81. The van der Waals surface area contributed by atoms with Crippen molar-refractivity contribution in [2.24, 2.45) is 0 Å². The number of anilines is 1. The fourth-order valence-electron chi connectivity index (χ4n) is 2.74. The van der Waals surface area contributed by atoms with E-state index in [4.69, 9.17) is 4.74 Å². The summed E-state index contributed by atoms with van der Waals surface area (Å²) in [6.07, 6.45) is 2.08. The lowest BCUT2D eigenvalue weighted by Crippen LogP contribution is -2.25. The molecule has 1 aliphatic rings. The van der Waals surface area contributed by atoms with Gasteiger partial charge in [0.05, 0.1) is 5.69 Å². The van der Waals surface area contributed by atoms with Crippen molar-refractivity contribution in [3.63, 3.8) is 0 Å². The molecule has 0 spiro atoms. The van der Waals surface area contributed by atoms with Crippen molar-refractivity contribution in [3.05, 3.63) is 90.0 Å². The van der Waals surface area contributed by atoms with Gasteiger partial charge in [0.15, 0.2) is 5.75 Å². The van der Waals surface area contributed by atoms with Gasteiger partial charge in [-0.3, -0.25) is 9.59 Å². The number of carbonyl (C=O) groups is 2. The highest BCUT2D eigenvalue weighted by Crippen LogP contribution is 2.29. The van der Waals surface area contributed by atoms with Crippen LogP contribution in [0.3, 0.4) is 0 Å². The first-order valence-corrected chi connectivity index (χ1v) is 9.23. The van der Waals surface area contributed by atoms with Gasteiger partial charge in [-0.15, -0.1) is 0 Å². The van der Waals surface area contributed by atoms with Gasteiger partial charge in [-0.25, -0.2) is 0 Å². The van der Waals surface area contributed by atoms with Crippen molar-refractivity contribution >= 4 is 17.5 Å². The van der Waals surface area contributed by atoms with Gasteiger partial charge in [0.25, 0.3) is 11.8 Å². The van der Waals surface area contributed by atoms with Crippen LogP contribution in [0.4, 0.5) is 5.69 Å². The van der Waals surface area contributed by atoms with Crippen molar-refractivity contribution in [1.82, 2.24) is 5.32 Å². The Morgan fingerprint density at radius 3 is 2.04 bits per heavy atom. The quantitative estimate of drug-likeness (QED) is 0.663. The topological polar surface area (TPSA) is 67.4 Å². The Balaban J connectivity index is 1.45. The monoisotopic (exact) mass is 372 g/mol. The number of hydrogen-bond donors (Lipinski definition) is 2. The summed E-state index contributed by atoms with van der Waals surface area (Å²) in [6.45, 7) is 0. The molecule has 0 aliphatic heterocycles. The third-order valence-electron chi connectivity index (χ3n) is 4.43. The van der Waals surface area contributed by atoms with Gasteiger partial charge in [-0.05, 0) is 61.4 Å². The second-order valence-electron chi connectivity index (χ2n) is 6.69. The van der Waals surface area contributed by atoms with Gasteiger partial charge in [0.1, 0.15) is 5.75 Å². The molecule has 3 aromatic rings. The molecule has 0 bridgehead atoms. The molecular formula is C23H20N2O3. The summed E-state index contributed by atoms with van der Waals surface area (Å²) in [6, 6.07) is 23.6. The molecule has 1 aliphatic carbocycles. The van der Waals surface area contributed by atoms with Gasteiger partial charge < -0.3 is 15.4 Å².